The fourth-order valence-corrected chi connectivity index (χ4v) is 2.36. The Bertz CT molecular complexity index is 306. The average molecular weight is 236 g/mol. The van der Waals surface area contributed by atoms with Gasteiger partial charge in [0.25, 0.3) is 0 Å². The summed E-state index contributed by atoms with van der Waals surface area (Å²) in [6.07, 6.45) is 5.61. The van der Waals surface area contributed by atoms with Crippen LogP contribution in [0.15, 0.2) is 22.8 Å². The smallest absolute Gasteiger partial charge is 0.120 e. The molecule has 17 heavy (non-hydrogen) atoms. The number of likely N-dealkylation sites (N-methyl/N-ethyl adjacent to an activating group) is 1. The van der Waals surface area contributed by atoms with E-state index < -0.39 is 0 Å². The van der Waals surface area contributed by atoms with Crippen molar-refractivity contribution in [2.75, 3.05) is 19.6 Å². The van der Waals surface area contributed by atoms with Crippen molar-refractivity contribution in [1.29, 1.82) is 0 Å². The van der Waals surface area contributed by atoms with Gasteiger partial charge in [0.1, 0.15) is 5.76 Å². The number of hydrogen-bond acceptors (Lipinski definition) is 3. The van der Waals surface area contributed by atoms with Crippen molar-refractivity contribution in [3.8, 4) is 0 Å². The molecule has 0 radical (unpaired) electrons. The Morgan fingerprint density at radius 3 is 2.82 bits per heavy atom. The van der Waals surface area contributed by atoms with Crippen molar-refractivity contribution in [2.45, 2.75) is 45.2 Å². The van der Waals surface area contributed by atoms with Crippen LogP contribution in [0.1, 0.15) is 44.9 Å². The first kappa shape index (κ1) is 12.7. The maximum atomic E-state index is 5.45. The zero-order valence-electron chi connectivity index (χ0n) is 11.0. The fraction of sp³-hybridized carbons (Fsp3) is 0.714. The molecule has 1 fully saturated rings. The fourth-order valence-electron chi connectivity index (χ4n) is 2.36. The zero-order chi connectivity index (χ0) is 12.1. The maximum absolute atomic E-state index is 5.45. The van der Waals surface area contributed by atoms with Crippen molar-refractivity contribution in [3.63, 3.8) is 0 Å². The Hall–Kier alpha value is -0.800. The lowest BCUT2D eigenvalue weighted by atomic mass is 10.2. The lowest BCUT2D eigenvalue weighted by molar-refractivity contribution is 0.268. The molecule has 1 saturated carbocycles. The van der Waals surface area contributed by atoms with Crippen LogP contribution in [0.3, 0.4) is 0 Å². The molecular formula is C14H24N2O. The molecule has 0 bridgehead atoms. The first-order valence-corrected chi connectivity index (χ1v) is 6.86. The van der Waals surface area contributed by atoms with Crippen LogP contribution in [0.4, 0.5) is 0 Å². The van der Waals surface area contributed by atoms with E-state index in [9.17, 15) is 0 Å². The van der Waals surface area contributed by atoms with Gasteiger partial charge >= 0.3 is 0 Å². The van der Waals surface area contributed by atoms with Crippen molar-refractivity contribution >= 4 is 0 Å². The van der Waals surface area contributed by atoms with Crippen LogP contribution in [-0.4, -0.2) is 30.6 Å². The second-order valence-electron chi connectivity index (χ2n) is 4.79. The standard InChI is InChI=1S/C14H24N2O/c1-3-13(14-6-5-11-17-14)15-9-10-16(4-2)12-7-8-12/h5-6,11-13,15H,3-4,7-10H2,1-2H3. The molecule has 1 aliphatic rings. The molecule has 1 N–H and O–H groups in total. The normalized spacial score (nSPS) is 17.6. The first-order valence-electron chi connectivity index (χ1n) is 6.86. The van der Waals surface area contributed by atoms with Crippen LogP contribution in [0.5, 0.6) is 0 Å². The maximum Gasteiger partial charge on any atom is 0.120 e. The Morgan fingerprint density at radius 2 is 2.29 bits per heavy atom. The largest absolute Gasteiger partial charge is 0.468 e. The zero-order valence-corrected chi connectivity index (χ0v) is 11.0. The van der Waals surface area contributed by atoms with Gasteiger partial charge < -0.3 is 9.73 Å². The quantitative estimate of drug-likeness (QED) is 0.752. The van der Waals surface area contributed by atoms with Crippen LogP contribution in [0, 0.1) is 0 Å². The van der Waals surface area contributed by atoms with Crippen LogP contribution in [0.25, 0.3) is 0 Å². The van der Waals surface area contributed by atoms with Gasteiger partial charge in [-0.15, -0.1) is 0 Å². The van der Waals surface area contributed by atoms with Crippen LogP contribution >= 0.6 is 0 Å². The summed E-state index contributed by atoms with van der Waals surface area (Å²) < 4.78 is 5.45. The summed E-state index contributed by atoms with van der Waals surface area (Å²) in [5.74, 6) is 1.06. The molecule has 0 aromatic carbocycles. The molecule has 3 nitrogen and oxygen atoms in total. The van der Waals surface area contributed by atoms with Gasteiger partial charge in [0.15, 0.2) is 0 Å². The minimum atomic E-state index is 0.364. The lowest BCUT2D eigenvalue weighted by Crippen LogP contribution is -2.34. The highest BCUT2D eigenvalue weighted by atomic mass is 16.3. The molecule has 96 valence electrons. The van der Waals surface area contributed by atoms with Gasteiger partial charge in [-0.25, -0.2) is 0 Å². The minimum Gasteiger partial charge on any atom is -0.468 e. The van der Waals surface area contributed by atoms with Gasteiger partial charge in [0, 0.05) is 19.1 Å². The number of nitrogens with zero attached hydrogens (tertiary/aromatic N) is 1. The topological polar surface area (TPSA) is 28.4 Å². The molecule has 1 aromatic rings. The highest BCUT2D eigenvalue weighted by molar-refractivity contribution is 5.03. The van der Waals surface area contributed by atoms with E-state index in [0.29, 0.717) is 6.04 Å². The van der Waals surface area contributed by atoms with Crippen molar-refractivity contribution < 1.29 is 4.42 Å². The molecule has 1 aliphatic carbocycles. The predicted molar refractivity (Wildman–Crippen MR) is 70.0 cm³/mol. The van der Waals surface area contributed by atoms with E-state index in [1.807, 2.05) is 6.07 Å². The summed E-state index contributed by atoms with van der Waals surface area (Å²) in [5.41, 5.74) is 0. The van der Waals surface area contributed by atoms with Gasteiger partial charge in [0.05, 0.1) is 12.3 Å². The molecule has 1 atom stereocenters. The molecule has 1 unspecified atom stereocenters. The summed E-state index contributed by atoms with van der Waals surface area (Å²) in [7, 11) is 0. The summed E-state index contributed by atoms with van der Waals surface area (Å²) in [4.78, 5) is 2.57. The van der Waals surface area contributed by atoms with Crippen molar-refractivity contribution in [3.05, 3.63) is 24.2 Å². The third-order valence-corrected chi connectivity index (χ3v) is 3.55. The Labute approximate surface area is 104 Å². The van der Waals surface area contributed by atoms with Crippen LogP contribution < -0.4 is 5.32 Å². The highest BCUT2D eigenvalue weighted by Crippen LogP contribution is 2.26. The molecule has 2 rings (SSSR count). The number of hydrogen-bond donors (Lipinski definition) is 1. The van der Waals surface area contributed by atoms with E-state index in [1.54, 1.807) is 6.26 Å². The number of nitrogens with one attached hydrogen (secondary N) is 1. The predicted octanol–water partition coefficient (Wildman–Crippen LogP) is 2.80. The molecular weight excluding hydrogens is 212 g/mol. The van der Waals surface area contributed by atoms with Gasteiger partial charge in [-0.05, 0) is 37.9 Å². The third kappa shape index (κ3) is 3.58. The third-order valence-electron chi connectivity index (χ3n) is 3.55. The monoisotopic (exact) mass is 236 g/mol. The Balaban J connectivity index is 1.72. The number of furan rings is 1. The van der Waals surface area contributed by atoms with Gasteiger partial charge in [-0.3, -0.25) is 4.90 Å². The highest BCUT2D eigenvalue weighted by Gasteiger charge is 2.27. The molecule has 1 heterocycles. The number of rotatable bonds is 8. The van der Waals surface area contributed by atoms with Gasteiger partial charge in [-0.2, -0.15) is 0 Å². The SMILES string of the molecule is CCC(NCCN(CC)C1CC1)c1ccco1. The van der Waals surface area contributed by atoms with Gasteiger partial charge in [-0.1, -0.05) is 13.8 Å². The van der Waals surface area contributed by atoms with Crippen LogP contribution in [0.2, 0.25) is 0 Å². The van der Waals surface area contributed by atoms with E-state index in [0.717, 1.165) is 31.3 Å². The van der Waals surface area contributed by atoms with Crippen molar-refractivity contribution in [2.24, 2.45) is 0 Å². The Kier molecular flexibility index (Phi) is 4.63. The average Bonchev–Trinajstić information content (AvgIpc) is 3.05. The van der Waals surface area contributed by atoms with E-state index in [-0.39, 0.29) is 0 Å². The molecule has 0 saturated heterocycles. The summed E-state index contributed by atoms with van der Waals surface area (Å²) in [6.45, 7) is 7.81. The molecule has 0 spiro atoms. The van der Waals surface area contributed by atoms with Crippen molar-refractivity contribution in [1.82, 2.24) is 10.2 Å². The van der Waals surface area contributed by atoms with E-state index >= 15 is 0 Å². The second kappa shape index (κ2) is 6.22. The summed E-state index contributed by atoms with van der Waals surface area (Å²) in [6, 6.07) is 5.25. The summed E-state index contributed by atoms with van der Waals surface area (Å²) >= 11 is 0. The molecule has 0 aliphatic heterocycles. The first-order chi connectivity index (χ1) is 8.35. The lowest BCUT2D eigenvalue weighted by Gasteiger charge is -2.22. The second-order valence-corrected chi connectivity index (χ2v) is 4.79. The minimum absolute atomic E-state index is 0.364. The molecule has 3 heteroatoms. The molecule has 0 amide bonds. The Morgan fingerprint density at radius 1 is 1.47 bits per heavy atom. The van der Waals surface area contributed by atoms with E-state index in [1.165, 1.54) is 19.4 Å². The van der Waals surface area contributed by atoms with E-state index in [4.69, 9.17) is 4.42 Å². The summed E-state index contributed by atoms with van der Waals surface area (Å²) in [5, 5.41) is 3.58. The van der Waals surface area contributed by atoms with Gasteiger partial charge in [0.2, 0.25) is 0 Å². The van der Waals surface area contributed by atoms with Crippen LogP contribution in [-0.2, 0) is 0 Å². The van der Waals surface area contributed by atoms with E-state index in [2.05, 4.69) is 30.1 Å². The molecule has 1 aromatic heterocycles.